The first-order valence-electron chi connectivity index (χ1n) is 3.73. The van der Waals surface area contributed by atoms with Crippen molar-refractivity contribution in [2.24, 2.45) is 0 Å². The number of unbranched alkanes of at least 4 members (excludes halogenated alkanes) is 1. The Kier molecular flexibility index (Phi) is 8.10. The number of carbonyl (C=O) groups is 1. The molecule has 2 nitrogen and oxygen atoms in total. The zero-order valence-corrected chi connectivity index (χ0v) is 6.82. The van der Waals surface area contributed by atoms with E-state index >= 15 is 0 Å². The lowest BCUT2D eigenvalue weighted by atomic mass is 10.3. The van der Waals surface area contributed by atoms with Gasteiger partial charge in [0.1, 0.15) is 6.61 Å². The summed E-state index contributed by atoms with van der Waals surface area (Å²) >= 11 is 0. The average Bonchev–Trinajstić information content (AvgIpc) is 2.03. The predicted octanol–water partition coefficient (Wildman–Crippen LogP) is 2.07. The highest BCUT2D eigenvalue weighted by Crippen LogP contribution is 1.91. The lowest BCUT2D eigenvalue weighted by Crippen LogP contribution is -1.84. The minimum atomic E-state index is 0.388. The van der Waals surface area contributed by atoms with Crippen LogP contribution in [0.15, 0.2) is 24.3 Å². The fraction of sp³-hybridized carbons (Fsp3) is 0.444. The Morgan fingerprint density at radius 2 is 1.91 bits per heavy atom. The van der Waals surface area contributed by atoms with E-state index in [1.165, 1.54) is 0 Å². The van der Waals surface area contributed by atoms with Crippen LogP contribution in [-0.4, -0.2) is 13.1 Å². The first-order chi connectivity index (χ1) is 5.41. The van der Waals surface area contributed by atoms with Crippen molar-refractivity contribution in [3.63, 3.8) is 0 Å². The third-order valence-electron chi connectivity index (χ3n) is 1.16. The molecule has 0 saturated carbocycles. The molecule has 0 aliphatic carbocycles. The highest BCUT2D eigenvalue weighted by atomic mass is 16.5. The highest BCUT2D eigenvalue weighted by molar-refractivity contribution is 5.37. The summed E-state index contributed by atoms with van der Waals surface area (Å²) in [5, 5.41) is 0. The molecule has 0 bridgehead atoms. The van der Waals surface area contributed by atoms with Crippen molar-refractivity contribution in [2.45, 2.75) is 19.8 Å². The van der Waals surface area contributed by atoms with Crippen LogP contribution in [0.25, 0.3) is 0 Å². The molecule has 0 spiro atoms. The molecular weight excluding hydrogens is 140 g/mol. The maximum atomic E-state index is 9.67. The van der Waals surface area contributed by atoms with Gasteiger partial charge in [0.05, 0.1) is 0 Å². The predicted molar refractivity (Wildman–Crippen MR) is 45.2 cm³/mol. The molecule has 0 N–H and O–H groups in total. The van der Waals surface area contributed by atoms with Gasteiger partial charge in [-0.2, -0.15) is 0 Å². The van der Waals surface area contributed by atoms with Crippen molar-refractivity contribution >= 4 is 6.47 Å². The summed E-state index contributed by atoms with van der Waals surface area (Å²) in [7, 11) is 0. The van der Waals surface area contributed by atoms with E-state index in [1.807, 2.05) is 25.2 Å². The maximum absolute atomic E-state index is 9.67. The zero-order valence-electron chi connectivity index (χ0n) is 6.82. The molecule has 0 amide bonds. The Morgan fingerprint density at radius 3 is 2.55 bits per heavy atom. The topological polar surface area (TPSA) is 26.3 Å². The summed E-state index contributed by atoms with van der Waals surface area (Å²) in [6, 6.07) is 0. The van der Waals surface area contributed by atoms with Crippen LogP contribution in [0.4, 0.5) is 0 Å². The maximum Gasteiger partial charge on any atom is 0.293 e. The zero-order chi connectivity index (χ0) is 8.36. The first-order valence-corrected chi connectivity index (χ1v) is 3.73. The van der Waals surface area contributed by atoms with Crippen LogP contribution < -0.4 is 0 Å². The number of rotatable bonds is 6. The average molecular weight is 154 g/mol. The fourth-order valence-electron chi connectivity index (χ4n) is 0.640. The van der Waals surface area contributed by atoms with Crippen molar-refractivity contribution in [3.8, 4) is 0 Å². The molecule has 0 aromatic carbocycles. The molecule has 62 valence electrons. The van der Waals surface area contributed by atoms with Crippen molar-refractivity contribution in [1.29, 1.82) is 0 Å². The minimum absolute atomic E-state index is 0.388. The molecule has 0 radical (unpaired) electrons. The Morgan fingerprint density at radius 1 is 1.18 bits per heavy atom. The van der Waals surface area contributed by atoms with Crippen LogP contribution in [0, 0.1) is 0 Å². The molecule has 0 aromatic heterocycles. The van der Waals surface area contributed by atoms with Gasteiger partial charge in [0, 0.05) is 0 Å². The summed E-state index contributed by atoms with van der Waals surface area (Å²) in [5.41, 5.74) is 0. The van der Waals surface area contributed by atoms with Gasteiger partial charge in [0.2, 0.25) is 0 Å². The van der Waals surface area contributed by atoms with Crippen LogP contribution in [0.2, 0.25) is 0 Å². The SMILES string of the molecule is C/C=C/CC/C=C/COC=O. The van der Waals surface area contributed by atoms with Crippen molar-refractivity contribution in [1.82, 2.24) is 0 Å². The molecule has 2 heteroatoms. The van der Waals surface area contributed by atoms with Crippen LogP contribution in [0.5, 0.6) is 0 Å². The second-order valence-electron chi connectivity index (χ2n) is 2.05. The summed E-state index contributed by atoms with van der Waals surface area (Å²) in [6.45, 7) is 2.84. The minimum Gasteiger partial charge on any atom is -0.464 e. The summed E-state index contributed by atoms with van der Waals surface area (Å²) in [4.78, 5) is 9.67. The van der Waals surface area contributed by atoms with Gasteiger partial charge in [-0.3, -0.25) is 4.79 Å². The smallest absolute Gasteiger partial charge is 0.293 e. The first kappa shape index (κ1) is 9.95. The van der Waals surface area contributed by atoms with Crippen molar-refractivity contribution in [2.75, 3.05) is 6.61 Å². The lowest BCUT2D eigenvalue weighted by molar-refractivity contribution is -0.127. The summed E-state index contributed by atoms with van der Waals surface area (Å²) in [5.74, 6) is 0. The van der Waals surface area contributed by atoms with Crippen molar-refractivity contribution in [3.05, 3.63) is 24.3 Å². The molecular formula is C9H14O2. The second-order valence-corrected chi connectivity index (χ2v) is 2.05. The molecule has 0 aromatic rings. The normalized spacial score (nSPS) is 11.0. The second kappa shape index (κ2) is 8.95. The number of hydrogen-bond acceptors (Lipinski definition) is 2. The number of allylic oxidation sites excluding steroid dienone is 3. The fourth-order valence-corrected chi connectivity index (χ4v) is 0.640. The van der Waals surface area contributed by atoms with E-state index in [4.69, 9.17) is 0 Å². The Labute approximate surface area is 67.6 Å². The standard InChI is InChI=1S/C9H14O2/c1-2-3-4-5-6-7-8-11-9-10/h2-3,6-7,9H,4-5,8H2,1H3/b3-2+,7-6+. The Hall–Kier alpha value is -1.05. The van der Waals surface area contributed by atoms with Crippen LogP contribution in [-0.2, 0) is 9.53 Å². The number of carbonyl (C=O) groups excluding carboxylic acids is 1. The lowest BCUT2D eigenvalue weighted by Gasteiger charge is -1.88. The molecule has 0 unspecified atom stereocenters. The van der Waals surface area contributed by atoms with Gasteiger partial charge in [0.15, 0.2) is 0 Å². The molecule has 0 aliphatic heterocycles. The quantitative estimate of drug-likeness (QED) is 0.332. The van der Waals surface area contributed by atoms with E-state index in [9.17, 15) is 4.79 Å². The largest absolute Gasteiger partial charge is 0.464 e. The van der Waals surface area contributed by atoms with Gasteiger partial charge >= 0.3 is 0 Å². The summed E-state index contributed by atoms with van der Waals surface area (Å²) < 4.78 is 4.45. The monoisotopic (exact) mass is 154 g/mol. The van der Waals surface area contributed by atoms with Gasteiger partial charge in [-0.25, -0.2) is 0 Å². The van der Waals surface area contributed by atoms with E-state index in [0.717, 1.165) is 12.8 Å². The Balaban J connectivity index is 3.09. The van der Waals surface area contributed by atoms with Crippen LogP contribution in [0.1, 0.15) is 19.8 Å². The van der Waals surface area contributed by atoms with E-state index in [-0.39, 0.29) is 0 Å². The van der Waals surface area contributed by atoms with Crippen molar-refractivity contribution < 1.29 is 9.53 Å². The third-order valence-corrected chi connectivity index (χ3v) is 1.16. The number of ether oxygens (including phenoxy) is 1. The molecule has 11 heavy (non-hydrogen) atoms. The molecule has 0 atom stereocenters. The van der Waals surface area contributed by atoms with Gasteiger partial charge in [-0.15, -0.1) is 0 Å². The molecule has 0 rings (SSSR count). The van der Waals surface area contributed by atoms with Crippen LogP contribution >= 0.6 is 0 Å². The Bertz CT molecular complexity index is 136. The number of hydrogen-bond donors (Lipinski definition) is 0. The van der Waals surface area contributed by atoms with Crippen LogP contribution in [0.3, 0.4) is 0 Å². The van der Waals surface area contributed by atoms with E-state index in [1.54, 1.807) is 0 Å². The third kappa shape index (κ3) is 8.95. The summed E-state index contributed by atoms with van der Waals surface area (Å²) in [6.07, 6.45) is 10.0. The molecule has 0 saturated heterocycles. The van der Waals surface area contributed by atoms with Gasteiger partial charge in [-0.05, 0) is 19.8 Å². The van der Waals surface area contributed by atoms with E-state index < -0.39 is 0 Å². The highest BCUT2D eigenvalue weighted by Gasteiger charge is 1.76. The van der Waals surface area contributed by atoms with Gasteiger partial charge in [0.25, 0.3) is 6.47 Å². The van der Waals surface area contributed by atoms with Gasteiger partial charge < -0.3 is 4.74 Å². The van der Waals surface area contributed by atoms with E-state index in [2.05, 4.69) is 10.8 Å². The molecule has 0 heterocycles. The molecule has 0 fully saturated rings. The van der Waals surface area contributed by atoms with E-state index in [0.29, 0.717) is 13.1 Å². The molecule has 0 aliphatic rings. The van der Waals surface area contributed by atoms with Gasteiger partial charge in [-0.1, -0.05) is 24.3 Å².